The predicted molar refractivity (Wildman–Crippen MR) is 77.0 cm³/mol. The fourth-order valence-electron chi connectivity index (χ4n) is 2.09. The summed E-state index contributed by atoms with van der Waals surface area (Å²) in [5.74, 6) is -1.62. The van der Waals surface area contributed by atoms with Gasteiger partial charge in [-0.3, -0.25) is 4.90 Å². The molecule has 2 rings (SSSR count). The van der Waals surface area contributed by atoms with Gasteiger partial charge in [0.15, 0.2) is 11.6 Å². The lowest BCUT2D eigenvalue weighted by atomic mass is 10.1. The van der Waals surface area contributed by atoms with Crippen molar-refractivity contribution in [3.05, 3.63) is 65.2 Å². The van der Waals surface area contributed by atoms with Crippen molar-refractivity contribution in [2.45, 2.75) is 20.0 Å². The van der Waals surface area contributed by atoms with Gasteiger partial charge in [-0.15, -0.1) is 0 Å². The standard InChI is InChI=1S/C16H18F2N2/c1-2-20(11-13-5-3-4-6-16(13)19)10-12-7-8-14(17)15(18)9-12/h3-9H,2,10-11,19H2,1H3. The SMILES string of the molecule is CCN(Cc1ccc(F)c(F)c1)Cc1ccccc1N. The Bertz CT molecular complexity index is 584. The van der Waals surface area contributed by atoms with E-state index >= 15 is 0 Å². The van der Waals surface area contributed by atoms with Gasteiger partial charge in [0.1, 0.15) is 0 Å². The number of rotatable bonds is 5. The highest BCUT2D eigenvalue weighted by atomic mass is 19.2. The van der Waals surface area contributed by atoms with Crippen LogP contribution in [0.3, 0.4) is 0 Å². The predicted octanol–water partition coefficient (Wildman–Crippen LogP) is 3.57. The number of nitrogens with two attached hydrogens (primary N) is 1. The molecule has 0 bridgehead atoms. The molecule has 2 nitrogen and oxygen atoms in total. The number of para-hydroxylation sites is 1. The third kappa shape index (κ3) is 3.54. The topological polar surface area (TPSA) is 29.3 Å². The second kappa shape index (κ2) is 6.48. The number of hydrogen-bond acceptors (Lipinski definition) is 2. The minimum Gasteiger partial charge on any atom is -0.398 e. The normalized spacial score (nSPS) is 11.0. The molecule has 2 aromatic carbocycles. The average molecular weight is 276 g/mol. The van der Waals surface area contributed by atoms with Crippen LogP contribution in [0, 0.1) is 11.6 Å². The van der Waals surface area contributed by atoms with E-state index in [1.807, 2.05) is 31.2 Å². The lowest BCUT2D eigenvalue weighted by Gasteiger charge is -2.21. The Hall–Kier alpha value is -1.94. The molecule has 0 atom stereocenters. The summed E-state index contributed by atoms with van der Waals surface area (Å²) in [5, 5.41) is 0. The minimum absolute atomic E-state index is 0.558. The number of benzene rings is 2. The third-order valence-corrected chi connectivity index (χ3v) is 3.29. The number of anilines is 1. The first-order valence-corrected chi connectivity index (χ1v) is 6.59. The lowest BCUT2D eigenvalue weighted by molar-refractivity contribution is 0.271. The Morgan fingerprint density at radius 3 is 2.40 bits per heavy atom. The molecule has 0 fully saturated rings. The monoisotopic (exact) mass is 276 g/mol. The van der Waals surface area contributed by atoms with Crippen LogP contribution in [-0.4, -0.2) is 11.4 Å². The summed E-state index contributed by atoms with van der Waals surface area (Å²) in [7, 11) is 0. The van der Waals surface area contributed by atoms with E-state index in [2.05, 4.69) is 4.90 Å². The molecule has 106 valence electrons. The molecule has 0 saturated heterocycles. The molecule has 0 aliphatic heterocycles. The Kier molecular flexibility index (Phi) is 4.69. The first-order chi connectivity index (χ1) is 9.60. The summed E-state index contributed by atoms with van der Waals surface area (Å²) >= 11 is 0. The van der Waals surface area contributed by atoms with E-state index < -0.39 is 11.6 Å². The van der Waals surface area contributed by atoms with Gasteiger partial charge in [0.25, 0.3) is 0 Å². The van der Waals surface area contributed by atoms with Crippen LogP contribution in [0.1, 0.15) is 18.1 Å². The van der Waals surface area contributed by atoms with Crippen LogP contribution in [0.5, 0.6) is 0 Å². The first kappa shape index (κ1) is 14.5. The van der Waals surface area contributed by atoms with E-state index in [-0.39, 0.29) is 0 Å². The summed E-state index contributed by atoms with van der Waals surface area (Å²) < 4.78 is 26.1. The van der Waals surface area contributed by atoms with Crippen LogP contribution in [0.2, 0.25) is 0 Å². The van der Waals surface area contributed by atoms with E-state index in [0.717, 1.165) is 29.4 Å². The highest BCUT2D eigenvalue weighted by Crippen LogP contribution is 2.16. The van der Waals surface area contributed by atoms with Crippen molar-refractivity contribution >= 4 is 5.69 Å². The van der Waals surface area contributed by atoms with Gasteiger partial charge in [-0.2, -0.15) is 0 Å². The molecule has 0 amide bonds. The average Bonchev–Trinajstić information content (AvgIpc) is 2.44. The maximum Gasteiger partial charge on any atom is 0.159 e. The molecule has 2 N–H and O–H groups in total. The smallest absolute Gasteiger partial charge is 0.159 e. The summed E-state index contributed by atoms with van der Waals surface area (Å²) in [6, 6.07) is 11.7. The quantitative estimate of drug-likeness (QED) is 0.846. The van der Waals surface area contributed by atoms with Gasteiger partial charge >= 0.3 is 0 Å². The van der Waals surface area contributed by atoms with Gasteiger partial charge in [-0.05, 0) is 35.9 Å². The Labute approximate surface area is 117 Å². The van der Waals surface area contributed by atoms with Crippen LogP contribution in [0.25, 0.3) is 0 Å². The van der Waals surface area contributed by atoms with Gasteiger partial charge in [0.05, 0.1) is 0 Å². The van der Waals surface area contributed by atoms with Crippen LogP contribution in [-0.2, 0) is 13.1 Å². The second-order valence-corrected chi connectivity index (χ2v) is 4.75. The molecule has 0 aromatic heterocycles. The van der Waals surface area contributed by atoms with Gasteiger partial charge in [0.2, 0.25) is 0 Å². The van der Waals surface area contributed by atoms with E-state index in [4.69, 9.17) is 5.73 Å². The molecular formula is C16H18F2N2. The zero-order chi connectivity index (χ0) is 14.5. The van der Waals surface area contributed by atoms with Crippen molar-refractivity contribution in [2.24, 2.45) is 0 Å². The molecule has 0 aliphatic carbocycles. The van der Waals surface area contributed by atoms with Crippen molar-refractivity contribution in [1.29, 1.82) is 0 Å². The van der Waals surface area contributed by atoms with Gasteiger partial charge in [-0.25, -0.2) is 8.78 Å². The van der Waals surface area contributed by atoms with Crippen molar-refractivity contribution in [3.8, 4) is 0 Å². The van der Waals surface area contributed by atoms with Crippen molar-refractivity contribution < 1.29 is 8.78 Å². The Balaban J connectivity index is 2.09. The van der Waals surface area contributed by atoms with Crippen molar-refractivity contribution in [1.82, 2.24) is 4.90 Å². The van der Waals surface area contributed by atoms with Crippen LogP contribution in [0.15, 0.2) is 42.5 Å². The molecule has 4 heteroatoms. The van der Waals surface area contributed by atoms with E-state index in [1.54, 1.807) is 6.07 Å². The number of nitrogen functional groups attached to an aromatic ring is 1. The fraction of sp³-hybridized carbons (Fsp3) is 0.250. The van der Waals surface area contributed by atoms with Crippen molar-refractivity contribution in [2.75, 3.05) is 12.3 Å². The first-order valence-electron chi connectivity index (χ1n) is 6.59. The molecule has 0 heterocycles. The minimum atomic E-state index is -0.816. The summed E-state index contributed by atoms with van der Waals surface area (Å²) in [4.78, 5) is 2.12. The molecule has 0 aliphatic rings. The number of halogens is 2. The fourth-order valence-corrected chi connectivity index (χ4v) is 2.09. The van der Waals surface area contributed by atoms with Crippen molar-refractivity contribution in [3.63, 3.8) is 0 Å². The Morgan fingerprint density at radius 2 is 1.75 bits per heavy atom. The van der Waals surface area contributed by atoms with Gasteiger partial charge in [-0.1, -0.05) is 31.2 Å². The number of hydrogen-bond donors (Lipinski definition) is 1. The van der Waals surface area contributed by atoms with Crippen LogP contribution < -0.4 is 5.73 Å². The maximum absolute atomic E-state index is 13.2. The largest absolute Gasteiger partial charge is 0.398 e. The van der Waals surface area contributed by atoms with Crippen LogP contribution >= 0.6 is 0 Å². The van der Waals surface area contributed by atoms with E-state index in [0.29, 0.717) is 13.1 Å². The summed E-state index contributed by atoms with van der Waals surface area (Å²) in [6.45, 7) is 4.07. The molecule has 0 spiro atoms. The summed E-state index contributed by atoms with van der Waals surface area (Å²) in [5.41, 5.74) is 8.46. The molecule has 0 saturated carbocycles. The molecule has 0 radical (unpaired) electrons. The zero-order valence-corrected chi connectivity index (χ0v) is 11.4. The Morgan fingerprint density at radius 1 is 1.00 bits per heavy atom. The van der Waals surface area contributed by atoms with Gasteiger partial charge in [0, 0.05) is 18.8 Å². The van der Waals surface area contributed by atoms with E-state index in [1.165, 1.54) is 6.07 Å². The van der Waals surface area contributed by atoms with Gasteiger partial charge < -0.3 is 5.73 Å². The van der Waals surface area contributed by atoms with Crippen LogP contribution in [0.4, 0.5) is 14.5 Å². The third-order valence-electron chi connectivity index (χ3n) is 3.29. The molecular weight excluding hydrogens is 258 g/mol. The highest BCUT2D eigenvalue weighted by molar-refractivity contribution is 5.46. The maximum atomic E-state index is 13.2. The second-order valence-electron chi connectivity index (χ2n) is 4.75. The summed E-state index contributed by atoms with van der Waals surface area (Å²) in [6.07, 6.45) is 0. The molecule has 20 heavy (non-hydrogen) atoms. The highest BCUT2D eigenvalue weighted by Gasteiger charge is 2.09. The molecule has 2 aromatic rings. The van der Waals surface area contributed by atoms with E-state index in [9.17, 15) is 8.78 Å². The lowest BCUT2D eigenvalue weighted by Crippen LogP contribution is -2.23. The number of nitrogens with zero attached hydrogens (tertiary/aromatic N) is 1. The zero-order valence-electron chi connectivity index (χ0n) is 11.4. The molecule has 0 unspecified atom stereocenters.